The Morgan fingerprint density at radius 2 is 2.21 bits per heavy atom. The molecule has 1 heterocycles. The lowest BCUT2D eigenvalue weighted by Crippen LogP contribution is -2.22. The summed E-state index contributed by atoms with van der Waals surface area (Å²) in [5.41, 5.74) is 0. The molecule has 0 aromatic carbocycles. The van der Waals surface area contributed by atoms with Gasteiger partial charge in [0.05, 0.1) is 0 Å². The minimum atomic E-state index is 0.574. The molecule has 1 saturated carbocycles. The summed E-state index contributed by atoms with van der Waals surface area (Å²) in [7, 11) is 3.81. The largest absolute Gasteiger partial charge is 0.385 e. The topological polar surface area (TPSA) is 50.3 Å². The van der Waals surface area contributed by atoms with Gasteiger partial charge in [0.2, 0.25) is 0 Å². The van der Waals surface area contributed by atoms with Crippen LogP contribution in [0.3, 0.4) is 0 Å². The van der Waals surface area contributed by atoms with Crippen LogP contribution in [0.1, 0.15) is 37.9 Å². The van der Waals surface area contributed by atoms with Crippen molar-refractivity contribution in [2.24, 2.45) is 0 Å². The molecule has 19 heavy (non-hydrogen) atoms. The average Bonchev–Trinajstić information content (AvgIpc) is 3.23. The van der Waals surface area contributed by atoms with Gasteiger partial charge in [0.15, 0.2) is 0 Å². The summed E-state index contributed by atoms with van der Waals surface area (Å²) < 4.78 is 5.09. The summed E-state index contributed by atoms with van der Waals surface area (Å²) in [5.74, 6) is 3.51. The molecule has 0 saturated heterocycles. The number of ether oxygens (including phenoxy) is 1. The van der Waals surface area contributed by atoms with Crippen molar-refractivity contribution < 1.29 is 4.74 Å². The zero-order valence-corrected chi connectivity index (χ0v) is 12.1. The maximum atomic E-state index is 5.09. The van der Waals surface area contributed by atoms with E-state index in [1.807, 2.05) is 6.07 Å². The lowest BCUT2D eigenvalue weighted by atomic mass is 10.3. The average molecular weight is 264 g/mol. The van der Waals surface area contributed by atoms with Crippen molar-refractivity contribution in [1.29, 1.82) is 0 Å². The third kappa shape index (κ3) is 4.06. The fraction of sp³-hybridized carbons (Fsp3) is 0.714. The Morgan fingerprint density at radius 1 is 1.42 bits per heavy atom. The van der Waals surface area contributed by atoms with Crippen LogP contribution in [-0.2, 0) is 4.74 Å². The Hall–Kier alpha value is -1.36. The highest BCUT2D eigenvalue weighted by molar-refractivity contribution is 5.49. The number of hydrogen-bond donors (Lipinski definition) is 1. The molecule has 1 aromatic heterocycles. The lowest BCUT2D eigenvalue weighted by molar-refractivity contribution is 0.196. The molecular formula is C14H24N4O. The third-order valence-corrected chi connectivity index (χ3v) is 3.26. The molecule has 5 heteroatoms. The van der Waals surface area contributed by atoms with E-state index in [0.717, 1.165) is 43.6 Å². The summed E-state index contributed by atoms with van der Waals surface area (Å²) in [6.45, 7) is 4.69. The van der Waals surface area contributed by atoms with Gasteiger partial charge in [0.25, 0.3) is 0 Å². The van der Waals surface area contributed by atoms with Crippen LogP contribution in [0.15, 0.2) is 6.07 Å². The van der Waals surface area contributed by atoms with Crippen molar-refractivity contribution in [3.8, 4) is 0 Å². The molecule has 2 rings (SSSR count). The predicted molar refractivity (Wildman–Crippen MR) is 77.9 cm³/mol. The number of hydrogen-bond acceptors (Lipinski definition) is 5. The Balaban J connectivity index is 2.08. The summed E-state index contributed by atoms with van der Waals surface area (Å²) in [6.07, 6.45) is 3.46. The molecule has 1 aliphatic carbocycles. The Morgan fingerprint density at radius 3 is 2.84 bits per heavy atom. The van der Waals surface area contributed by atoms with Crippen LogP contribution < -0.4 is 10.2 Å². The quantitative estimate of drug-likeness (QED) is 0.730. The van der Waals surface area contributed by atoms with Crippen molar-refractivity contribution in [2.45, 2.75) is 32.1 Å². The Bertz CT molecular complexity index is 406. The second kappa shape index (κ2) is 6.70. The molecule has 0 unspecified atom stereocenters. The maximum Gasteiger partial charge on any atom is 0.136 e. The number of anilines is 2. The molecule has 1 aromatic rings. The molecule has 0 spiro atoms. The highest BCUT2D eigenvalue weighted by Gasteiger charge is 2.27. The monoisotopic (exact) mass is 264 g/mol. The SMILES string of the molecule is CCNc1cc(N(C)CCCOC)nc(C2CC2)n1. The fourth-order valence-electron chi connectivity index (χ4n) is 2.00. The molecule has 106 valence electrons. The Kier molecular flexibility index (Phi) is 4.96. The van der Waals surface area contributed by atoms with Gasteiger partial charge in [-0.05, 0) is 26.2 Å². The van der Waals surface area contributed by atoms with Gasteiger partial charge in [-0.3, -0.25) is 0 Å². The van der Waals surface area contributed by atoms with Gasteiger partial charge in [-0.1, -0.05) is 0 Å². The first-order valence-electron chi connectivity index (χ1n) is 7.07. The van der Waals surface area contributed by atoms with E-state index in [4.69, 9.17) is 9.72 Å². The summed E-state index contributed by atoms with van der Waals surface area (Å²) in [4.78, 5) is 11.5. The van der Waals surface area contributed by atoms with E-state index in [1.165, 1.54) is 12.8 Å². The third-order valence-electron chi connectivity index (χ3n) is 3.26. The van der Waals surface area contributed by atoms with Crippen molar-refractivity contribution in [2.75, 3.05) is 44.1 Å². The van der Waals surface area contributed by atoms with Gasteiger partial charge < -0.3 is 15.0 Å². The summed E-state index contributed by atoms with van der Waals surface area (Å²) in [6, 6.07) is 2.03. The van der Waals surface area contributed by atoms with Crippen LogP contribution in [0.25, 0.3) is 0 Å². The van der Waals surface area contributed by atoms with Crippen LogP contribution in [0, 0.1) is 0 Å². The first-order valence-corrected chi connectivity index (χ1v) is 7.07. The molecule has 0 radical (unpaired) electrons. The van der Waals surface area contributed by atoms with Crippen LogP contribution in [0.2, 0.25) is 0 Å². The van der Waals surface area contributed by atoms with Crippen molar-refractivity contribution >= 4 is 11.6 Å². The Labute approximate surface area is 115 Å². The second-order valence-corrected chi connectivity index (χ2v) is 5.04. The smallest absolute Gasteiger partial charge is 0.136 e. The van der Waals surface area contributed by atoms with Crippen LogP contribution in [0.4, 0.5) is 11.6 Å². The lowest BCUT2D eigenvalue weighted by Gasteiger charge is -2.19. The highest BCUT2D eigenvalue weighted by atomic mass is 16.5. The zero-order valence-electron chi connectivity index (χ0n) is 12.1. The van der Waals surface area contributed by atoms with E-state index in [9.17, 15) is 0 Å². The maximum absolute atomic E-state index is 5.09. The number of methoxy groups -OCH3 is 1. The number of nitrogens with zero attached hydrogens (tertiary/aromatic N) is 3. The molecule has 0 atom stereocenters. The van der Waals surface area contributed by atoms with Crippen molar-refractivity contribution in [3.63, 3.8) is 0 Å². The first-order chi connectivity index (χ1) is 9.24. The fourth-order valence-corrected chi connectivity index (χ4v) is 2.00. The normalized spacial score (nSPS) is 14.5. The molecular weight excluding hydrogens is 240 g/mol. The van der Waals surface area contributed by atoms with Crippen molar-refractivity contribution in [1.82, 2.24) is 9.97 Å². The van der Waals surface area contributed by atoms with Crippen LogP contribution in [0.5, 0.6) is 0 Å². The number of aromatic nitrogens is 2. The van der Waals surface area contributed by atoms with Gasteiger partial charge in [-0.2, -0.15) is 0 Å². The minimum absolute atomic E-state index is 0.574. The van der Waals surface area contributed by atoms with E-state index in [0.29, 0.717) is 5.92 Å². The molecule has 1 aliphatic rings. The molecule has 1 fully saturated rings. The van der Waals surface area contributed by atoms with E-state index < -0.39 is 0 Å². The van der Waals surface area contributed by atoms with Gasteiger partial charge in [0, 0.05) is 45.8 Å². The van der Waals surface area contributed by atoms with Gasteiger partial charge in [-0.25, -0.2) is 9.97 Å². The minimum Gasteiger partial charge on any atom is -0.385 e. The summed E-state index contributed by atoms with van der Waals surface area (Å²) in [5, 5.41) is 3.29. The number of rotatable bonds is 8. The molecule has 0 aliphatic heterocycles. The van der Waals surface area contributed by atoms with Crippen LogP contribution >= 0.6 is 0 Å². The van der Waals surface area contributed by atoms with E-state index in [-0.39, 0.29) is 0 Å². The number of nitrogens with one attached hydrogen (secondary N) is 1. The van der Waals surface area contributed by atoms with Crippen molar-refractivity contribution in [3.05, 3.63) is 11.9 Å². The predicted octanol–water partition coefficient (Wildman–Crippen LogP) is 2.26. The van der Waals surface area contributed by atoms with E-state index >= 15 is 0 Å². The first kappa shape index (κ1) is 14.1. The van der Waals surface area contributed by atoms with E-state index in [1.54, 1.807) is 7.11 Å². The van der Waals surface area contributed by atoms with Crippen LogP contribution in [-0.4, -0.2) is 43.8 Å². The second-order valence-electron chi connectivity index (χ2n) is 5.04. The molecule has 1 N–H and O–H groups in total. The van der Waals surface area contributed by atoms with Gasteiger partial charge in [-0.15, -0.1) is 0 Å². The van der Waals surface area contributed by atoms with Gasteiger partial charge >= 0.3 is 0 Å². The highest BCUT2D eigenvalue weighted by Crippen LogP contribution is 2.39. The standard InChI is InChI=1S/C14H24N4O/c1-4-15-12-10-13(18(2)8-5-9-19-3)17-14(16-12)11-6-7-11/h10-11H,4-9H2,1-3H3,(H,15,16,17). The molecule has 5 nitrogen and oxygen atoms in total. The van der Waals surface area contributed by atoms with Gasteiger partial charge in [0.1, 0.15) is 17.5 Å². The molecule has 0 bridgehead atoms. The molecule has 0 amide bonds. The van der Waals surface area contributed by atoms with E-state index in [2.05, 4.69) is 29.2 Å². The zero-order chi connectivity index (χ0) is 13.7. The summed E-state index contributed by atoms with van der Waals surface area (Å²) >= 11 is 0.